The number of hydrogen-bond donors (Lipinski definition) is 2. The Morgan fingerprint density at radius 1 is 1.47 bits per heavy atom. The molecule has 0 radical (unpaired) electrons. The quantitative estimate of drug-likeness (QED) is 0.600. The molecule has 0 bridgehead atoms. The van der Waals surface area contributed by atoms with Crippen molar-refractivity contribution < 1.29 is 0 Å². The molecule has 102 valence electrons. The van der Waals surface area contributed by atoms with Crippen LogP contribution in [0.2, 0.25) is 5.02 Å². The molecule has 2 aromatic rings. The van der Waals surface area contributed by atoms with E-state index in [-0.39, 0.29) is 6.04 Å². The second kappa shape index (κ2) is 6.37. The molecule has 0 spiro atoms. The van der Waals surface area contributed by atoms with Crippen molar-refractivity contribution in [3.8, 4) is 0 Å². The molecule has 0 fully saturated rings. The van der Waals surface area contributed by atoms with Gasteiger partial charge >= 0.3 is 0 Å². The van der Waals surface area contributed by atoms with Crippen molar-refractivity contribution in [1.82, 2.24) is 15.2 Å². The molecular formula is C12H13Br2ClN4. The first kappa shape index (κ1) is 15.0. The van der Waals surface area contributed by atoms with Crippen LogP contribution in [0.4, 0.5) is 0 Å². The van der Waals surface area contributed by atoms with Gasteiger partial charge in [-0.25, -0.2) is 5.43 Å². The molecule has 1 aromatic heterocycles. The van der Waals surface area contributed by atoms with E-state index >= 15 is 0 Å². The predicted molar refractivity (Wildman–Crippen MR) is 83.9 cm³/mol. The van der Waals surface area contributed by atoms with Gasteiger partial charge < -0.3 is 0 Å². The molecule has 1 heterocycles. The highest BCUT2D eigenvalue weighted by Crippen LogP contribution is 2.33. The smallest absolute Gasteiger partial charge is 0.0904 e. The van der Waals surface area contributed by atoms with Crippen LogP contribution in [0.1, 0.15) is 24.2 Å². The Bertz CT molecular complexity index is 585. The van der Waals surface area contributed by atoms with Crippen LogP contribution in [0.15, 0.2) is 33.3 Å². The summed E-state index contributed by atoms with van der Waals surface area (Å²) < 4.78 is 3.71. The van der Waals surface area contributed by atoms with Crippen LogP contribution >= 0.6 is 43.5 Å². The lowest BCUT2D eigenvalue weighted by molar-refractivity contribution is 0.542. The first-order valence-corrected chi connectivity index (χ1v) is 7.67. The Hall–Kier alpha value is -0.400. The van der Waals surface area contributed by atoms with E-state index in [2.05, 4.69) is 42.4 Å². The molecule has 2 rings (SSSR count). The molecule has 1 atom stereocenters. The zero-order chi connectivity index (χ0) is 14.0. The van der Waals surface area contributed by atoms with Gasteiger partial charge in [-0.2, -0.15) is 5.10 Å². The van der Waals surface area contributed by atoms with E-state index in [1.165, 1.54) is 0 Å². The predicted octanol–water partition coefficient (Wildman–Crippen LogP) is 3.63. The summed E-state index contributed by atoms with van der Waals surface area (Å²) in [7, 11) is 0. The van der Waals surface area contributed by atoms with E-state index in [1.54, 1.807) is 6.20 Å². The molecule has 19 heavy (non-hydrogen) atoms. The summed E-state index contributed by atoms with van der Waals surface area (Å²) in [6.45, 7) is 2.78. The van der Waals surface area contributed by atoms with Crippen molar-refractivity contribution in [2.24, 2.45) is 5.84 Å². The van der Waals surface area contributed by atoms with Crippen molar-refractivity contribution in [3.05, 3.63) is 49.6 Å². The molecule has 3 N–H and O–H groups in total. The third-order valence-electron chi connectivity index (χ3n) is 2.85. The number of hydrazine groups is 1. The van der Waals surface area contributed by atoms with Crippen molar-refractivity contribution in [3.63, 3.8) is 0 Å². The summed E-state index contributed by atoms with van der Waals surface area (Å²) in [5.74, 6) is 5.71. The topological polar surface area (TPSA) is 55.9 Å². The normalized spacial score (nSPS) is 12.7. The Kier molecular flexibility index (Phi) is 5.03. The highest BCUT2D eigenvalue weighted by Gasteiger charge is 2.22. The van der Waals surface area contributed by atoms with Gasteiger partial charge in [-0.05, 0) is 40.5 Å². The van der Waals surface area contributed by atoms with E-state index in [0.29, 0.717) is 5.02 Å². The number of aryl methyl sites for hydroxylation is 1. The van der Waals surface area contributed by atoms with Gasteiger partial charge in [0, 0.05) is 16.0 Å². The van der Waals surface area contributed by atoms with Gasteiger partial charge in [0.05, 0.1) is 22.4 Å². The number of benzene rings is 1. The highest BCUT2D eigenvalue weighted by atomic mass is 79.9. The molecule has 1 unspecified atom stereocenters. The van der Waals surface area contributed by atoms with Crippen LogP contribution in [0, 0.1) is 0 Å². The van der Waals surface area contributed by atoms with Crippen molar-refractivity contribution in [2.75, 3.05) is 0 Å². The Morgan fingerprint density at radius 3 is 2.79 bits per heavy atom. The number of hydrogen-bond acceptors (Lipinski definition) is 3. The summed E-state index contributed by atoms with van der Waals surface area (Å²) >= 11 is 13.2. The first-order valence-electron chi connectivity index (χ1n) is 5.70. The highest BCUT2D eigenvalue weighted by molar-refractivity contribution is 9.10. The number of aromatic nitrogens is 2. The fourth-order valence-corrected chi connectivity index (χ4v) is 3.27. The number of halogens is 3. The largest absolute Gasteiger partial charge is 0.271 e. The molecule has 0 aliphatic carbocycles. The van der Waals surface area contributed by atoms with Crippen LogP contribution in [-0.4, -0.2) is 9.78 Å². The molecular weight excluding hydrogens is 395 g/mol. The van der Waals surface area contributed by atoms with Crippen LogP contribution in [-0.2, 0) is 6.54 Å². The summed E-state index contributed by atoms with van der Waals surface area (Å²) in [4.78, 5) is 0. The van der Waals surface area contributed by atoms with Crippen molar-refractivity contribution in [1.29, 1.82) is 0 Å². The molecule has 4 nitrogen and oxygen atoms in total. The number of rotatable bonds is 4. The molecule has 0 saturated heterocycles. The van der Waals surface area contributed by atoms with Gasteiger partial charge in [0.25, 0.3) is 0 Å². The van der Waals surface area contributed by atoms with Gasteiger partial charge in [-0.15, -0.1) is 0 Å². The molecule has 1 aromatic carbocycles. The average Bonchev–Trinajstić information content (AvgIpc) is 2.74. The third kappa shape index (κ3) is 3.03. The number of nitrogens with two attached hydrogens (primary N) is 1. The molecule has 7 heteroatoms. The Labute approximate surface area is 133 Å². The Balaban J connectivity index is 2.52. The van der Waals surface area contributed by atoms with Crippen molar-refractivity contribution in [2.45, 2.75) is 19.5 Å². The van der Waals surface area contributed by atoms with E-state index in [9.17, 15) is 0 Å². The lowest BCUT2D eigenvalue weighted by Crippen LogP contribution is -2.31. The monoisotopic (exact) mass is 406 g/mol. The van der Waals surface area contributed by atoms with Gasteiger partial charge in [0.1, 0.15) is 0 Å². The first-order chi connectivity index (χ1) is 9.08. The van der Waals surface area contributed by atoms with Crippen LogP contribution in [0.5, 0.6) is 0 Å². The summed E-state index contributed by atoms with van der Waals surface area (Å²) in [6.07, 6.45) is 1.76. The van der Waals surface area contributed by atoms with Gasteiger partial charge in [0.2, 0.25) is 0 Å². The van der Waals surface area contributed by atoms with E-state index < -0.39 is 0 Å². The fourth-order valence-electron chi connectivity index (χ4n) is 1.96. The maximum Gasteiger partial charge on any atom is 0.0904 e. The summed E-state index contributed by atoms with van der Waals surface area (Å²) in [6, 6.07) is 5.50. The number of nitrogens with one attached hydrogen (secondary N) is 1. The maximum absolute atomic E-state index is 6.30. The van der Waals surface area contributed by atoms with Crippen LogP contribution < -0.4 is 11.3 Å². The van der Waals surface area contributed by atoms with E-state index in [1.807, 2.05) is 29.8 Å². The summed E-state index contributed by atoms with van der Waals surface area (Å²) in [5, 5.41) is 4.94. The van der Waals surface area contributed by atoms with Gasteiger partial charge in [0.15, 0.2) is 0 Å². The maximum atomic E-state index is 6.30. The lowest BCUT2D eigenvalue weighted by Gasteiger charge is -2.19. The van der Waals surface area contributed by atoms with Crippen LogP contribution in [0.25, 0.3) is 0 Å². The second-order valence-corrected chi connectivity index (χ2v) is 6.14. The van der Waals surface area contributed by atoms with Crippen LogP contribution in [0.3, 0.4) is 0 Å². The third-order valence-corrected chi connectivity index (χ3v) is 4.28. The average molecular weight is 409 g/mol. The minimum Gasteiger partial charge on any atom is -0.271 e. The summed E-state index contributed by atoms with van der Waals surface area (Å²) in [5.41, 5.74) is 4.66. The zero-order valence-corrected chi connectivity index (χ0v) is 14.1. The van der Waals surface area contributed by atoms with Gasteiger partial charge in [-0.3, -0.25) is 10.5 Å². The standard InChI is InChI=1S/C12H13Br2ClN4/c1-2-19-12(9(14)6-17-19)11(18-16)8-4-3-7(13)5-10(8)15/h3-6,11,18H,2,16H2,1H3. The number of nitrogens with zero attached hydrogens (tertiary/aromatic N) is 2. The Morgan fingerprint density at radius 2 is 2.21 bits per heavy atom. The lowest BCUT2D eigenvalue weighted by atomic mass is 10.0. The minimum atomic E-state index is -0.225. The van der Waals surface area contributed by atoms with Gasteiger partial charge in [-0.1, -0.05) is 33.6 Å². The van der Waals surface area contributed by atoms with E-state index in [0.717, 1.165) is 26.7 Å². The molecule has 0 amide bonds. The fraction of sp³-hybridized carbons (Fsp3) is 0.250. The SMILES string of the molecule is CCn1ncc(Br)c1C(NN)c1ccc(Br)cc1Cl. The van der Waals surface area contributed by atoms with E-state index in [4.69, 9.17) is 17.4 Å². The molecule has 0 aliphatic heterocycles. The minimum absolute atomic E-state index is 0.225. The van der Waals surface area contributed by atoms with Crippen molar-refractivity contribution >= 4 is 43.5 Å². The molecule has 0 aliphatic rings. The second-order valence-electron chi connectivity index (χ2n) is 3.96. The molecule has 0 saturated carbocycles. The zero-order valence-electron chi connectivity index (χ0n) is 10.2.